The molecule has 1 aliphatic rings. The number of hydrogen-bond donors (Lipinski definition) is 1. The molecule has 1 N–H and O–H groups in total. The topological polar surface area (TPSA) is 99.5 Å². The molecule has 25 heavy (non-hydrogen) atoms. The second-order valence-corrected chi connectivity index (χ2v) is 6.05. The molecule has 3 rings (SSSR count). The molecule has 0 aliphatic carbocycles. The van der Waals surface area contributed by atoms with Crippen LogP contribution in [0, 0.1) is 0 Å². The number of aromatic carboxylic acids is 1. The molecular formula is C17H19N5O3. The van der Waals surface area contributed by atoms with Crippen molar-refractivity contribution in [3.05, 3.63) is 47.2 Å². The normalized spacial score (nSPS) is 13.8. The van der Waals surface area contributed by atoms with Gasteiger partial charge in [0.25, 0.3) is 5.91 Å². The van der Waals surface area contributed by atoms with Crippen molar-refractivity contribution in [1.29, 1.82) is 0 Å². The summed E-state index contributed by atoms with van der Waals surface area (Å²) in [5.74, 6) is -0.747. The Hall–Kier alpha value is -3.03. The maximum atomic E-state index is 12.6. The summed E-state index contributed by atoms with van der Waals surface area (Å²) in [7, 11) is 3.53. The van der Waals surface area contributed by atoms with Crippen molar-refractivity contribution in [2.45, 2.75) is 12.8 Å². The summed E-state index contributed by atoms with van der Waals surface area (Å²) < 4.78 is 0. The number of hydrogen-bond acceptors (Lipinski definition) is 6. The summed E-state index contributed by atoms with van der Waals surface area (Å²) in [5, 5.41) is 9.43. The van der Waals surface area contributed by atoms with Crippen LogP contribution in [0.5, 0.6) is 0 Å². The molecule has 0 aromatic carbocycles. The first-order chi connectivity index (χ1) is 12.0. The Bertz CT molecular complexity index is 807. The van der Waals surface area contributed by atoms with E-state index in [4.69, 9.17) is 0 Å². The minimum atomic E-state index is -1.00. The second kappa shape index (κ2) is 6.84. The molecule has 0 bridgehead atoms. The fourth-order valence-electron chi connectivity index (χ4n) is 2.90. The third kappa shape index (κ3) is 3.42. The number of pyridine rings is 1. The summed E-state index contributed by atoms with van der Waals surface area (Å²) in [6.07, 6.45) is 5.59. The molecule has 130 valence electrons. The van der Waals surface area contributed by atoms with Crippen LogP contribution in [-0.2, 0) is 12.8 Å². The zero-order valence-electron chi connectivity index (χ0n) is 14.1. The highest BCUT2D eigenvalue weighted by molar-refractivity contribution is 5.94. The van der Waals surface area contributed by atoms with Crippen molar-refractivity contribution >= 4 is 17.7 Å². The molecule has 8 nitrogen and oxygen atoms in total. The van der Waals surface area contributed by atoms with Crippen LogP contribution in [0.2, 0.25) is 0 Å². The second-order valence-electron chi connectivity index (χ2n) is 6.05. The molecular weight excluding hydrogens is 322 g/mol. The Balaban J connectivity index is 1.87. The van der Waals surface area contributed by atoms with Crippen molar-refractivity contribution in [3.8, 4) is 0 Å². The number of carbonyl (C=O) groups excluding carboxylic acids is 1. The van der Waals surface area contributed by atoms with Crippen molar-refractivity contribution in [3.63, 3.8) is 0 Å². The highest BCUT2D eigenvalue weighted by Gasteiger charge is 2.24. The quantitative estimate of drug-likeness (QED) is 0.884. The maximum Gasteiger partial charge on any atom is 0.339 e. The summed E-state index contributed by atoms with van der Waals surface area (Å²) in [5.41, 5.74) is 2.19. The van der Waals surface area contributed by atoms with Crippen LogP contribution in [-0.4, -0.2) is 64.0 Å². The van der Waals surface area contributed by atoms with Gasteiger partial charge < -0.3 is 14.9 Å². The van der Waals surface area contributed by atoms with Gasteiger partial charge in [-0.15, -0.1) is 0 Å². The van der Waals surface area contributed by atoms with E-state index in [-0.39, 0.29) is 11.5 Å². The number of carboxylic acid groups (broad SMARTS) is 1. The molecule has 0 unspecified atom stereocenters. The van der Waals surface area contributed by atoms with Crippen LogP contribution in [0.15, 0.2) is 24.7 Å². The van der Waals surface area contributed by atoms with Crippen LogP contribution < -0.4 is 4.90 Å². The van der Waals surface area contributed by atoms with Gasteiger partial charge in [-0.3, -0.25) is 9.78 Å². The van der Waals surface area contributed by atoms with Gasteiger partial charge >= 0.3 is 5.97 Å². The van der Waals surface area contributed by atoms with E-state index in [9.17, 15) is 14.7 Å². The average Bonchev–Trinajstić information content (AvgIpc) is 2.82. The maximum absolute atomic E-state index is 12.6. The van der Waals surface area contributed by atoms with E-state index in [1.807, 2.05) is 0 Å². The van der Waals surface area contributed by atoms with Crippen molar-refractivity contribution in [1.82, 2.24) is 19.9 Å². The number of aromatic nitrogens is 3. The molecule has 8 heteroatoms. The minimum absolute atomic E-state index is 0.174. The highest BCUT2D eigenvalue weighted by Crippen LogP contribution is 2.23. The molecule has 0 saturated carbocycles. The van der Waals surface area contributed by atoms with Gasteiger partial charge in [0.2, 0.25) is 0 Å². The zero-order chi connectivity index (χ0) is 18.0. The van der Waals surface area contributed by atoms with Gasteiger partial charge in [0.15, 0.2) is 0 Å². The lowest BCUT2D eigenvalue weighted by Crippen LogP contribution is -2.33. The van der Waals surface area contributed by atoms with Gasteiger partial charge in [0, 0.05) is 51.7 Å². The standard InChI is InChI=1S/C17H19N5O3/c1-21(2)15-12(17(24)25)9-11-3-7-22(8-4-13(11)20-15)16(23)14-10-18-5-6-19-14/h5-6,9-10H,3-4,7-8H2,1-2H3,(H,24,25). The number of carbonyl (C=O) groups is 2. The summed E-state index contributed by atoms with van der Waals surface area (Å²) >= 11 is 0. The molecule has 0 saturated heterocycles. The van der Waals surface area contributed by atoms with Gasteiger partial charge in [0.1, 0.15) is 17.1 Å². The van der Waals surface area contributed by atoms with E-state index in [1.165, 1.54) is 18.6 Å². The Morgan fingerprint density at radius 2 is 1.96 bits per heavy atom. The van der Waals surface area contributed by atoms with Gasteiger partial charge in [-0.05, 0) is 18.1 Å². The third-order valence-electron chi connectivity index (χ3n) is 4.16. The van der Waals surface area contributed by atoms with Crippen LogP contribution in [0.4, 0.5) is 5.82 Å². The molecule has 2 aromatic rings. The SMILES string of the molecule is CN(C)c1nc2c(cc1C(=O)O)CCN(C(=O)c1cnccn1)CC2. The van der Waals surface area contributed by atoms with Crippen molar-refractivity contribution in [2.24, 2.45) is 0 Å². The first-order valence-corrected chi connectivity index (χ1v) is 7.96. The number of carboxylic acids is 1. The molecule has 0 spiro atoms. The van der Waals surface area contributed by atoms with Gasteiger partial charge in [-0.25, -0.2) is 14.8 Å². The third-order valence-corrected chi connectivity index (χ3v) is 4.16. The zero-order valence-corrected chi connectivity index (χ0v) is 14.1. The van der Waals surface area contributed by atoms with Gasteiger partial charge in [-0.1, -0.05) is 0 Å². The van der Waals surface area contributed by atoms with Gasteiger partial charge in [0.05, 0.1) is 6.20 Å². The van der Waals surface area contributed by atoms with Crippen molar-refractivity contribution < 1.29 is 14.7 Å². The van der Waals surface area contributed by atoms with Gasteiger partial charge in [-0.2, -0.15) is 0 Å². The van der Waals surface area contributed by atoms with E-state index in [2.05, 4.69) is 15.0 Å². The summed E-state index contributed by atoms with van der Waals surface area (Å²) in [4.78, 5) is 40.0. The lowest BCUT2D eigenvalue weighted by molar-refractivity contribution is 0.0695. The molecule has 0 atom stereocenters. The van der Waals surface area contributed by atoms with Crippen LogP contribution in [0.3, 0.4) is 0 Å². The first-order valence-electron chi connectivity index (χ1n) is 7.96. The fraction of sp³-hybridized carbons (Fsp3) is 0.353. The molecule has 1 aliphatic heterocycles. The van der Waals surface area contributed by atoms with Crippen LogP contribution in [0.25, 0.3) is 0 Å². The first kappa shape index (κ1) is 16.8. The molecule has 1 amide bonds. The summed E-state index contributed by atoms with van der Waals surface area (Å²) in [6.45, 7) is 0.999. The van der Waals surface area contributed by atoms with Crippen LogP contribution >= 0.6 is 0 Å². The number of anilines is 1. The number of fused-ring (bicyclic) bond motifs is 1. The van der Waals surface area contributed by atoms with E-state index in [1.54, 1.807) is 30.0 Å². The van der Waals surface area contributed by atoms with Crippen LogP contribution in [0.1, 0.15) is 32.1 Å². The van der Waals surface area contributed by atoms with E-state index in [0.29, 0.717) is 37.4 Å². The smallest absolute Gasteiger partial charge is 0.339 e. The predicted octanol–water partition coefficient (Wildman–Crippen LogP) is 0.877. The average molecular weight is 341 g/mol. The Morgan fingerprint density at radius 3 is 2.60 bits per heavy atom. The Kier molecular flexibility index (Phi) is 4.60. The number of rotatable bonds is 3. The van der Waals surface area contributed by atoms with E-state index < -0.39 is 5.97 Å². The Labute approximate surface area is 145 Å². The van der Waals surface area contributed by atoms with E-state index >= 15 is 0 Å². The molecule has 3 heterocycles. The number of amides is 1. The molecule has 0 fully saturated rings. The summed E-state index contributed by atoms with van der Waals surface area (Å²) in [6, 6.07) is 1.68. The molecule has 0 radical (unpaired) electrons. The lowest BCUT2D eigenvalue weighted by atomic mass is 10.1. The number of nitrogens with zero attached hydrogens (tertiary/aromatic N) is 5. The largest absolute Gasteiger partial charge is 0.478 e. The highest BCUT2D eigenvalue weighted by atomic mass is 16.4. The Morgan fingerprint density at radius 1 is 1.20 bits per heavy atom. The fourth-order valence-corrected chi connectivity index (χ4v) is 2.90. The van der Waals surface area contributed by atoms with E-state index in [0.717, 1.165) is 11.3 Å². The van der Waals surface area contributed by atoms with Crippen molar-refractivity contribution in [2.75, 3.05) is 32.1 Å². The lowest BCUT2D eigenvalue weighted by Gasteiger charge is -2.19. The molecule has 2 aromatic heterocycles. The predicted molar refractivity (Wildman–Crippen MR) is 90.9 cm³/mol. The monoisotopic (exact) mass is 341 g/mol. The minimum Gasteiger partial charge on any atom is -0.478 e.